The molecule has 0 aliphatic carbocycles. The molecule has 3 aromatic rings. The fourth-order valence-electron chi connectivity index (χ4n) is 3.67. The summed E-state index contributed by atoms with van der Waals surface area (Å²) in [6, 6.07) is 13.2. The van der Waals surface area contributed by atoms with Crippen LogP contribution >= 0.6 is 23.2 Å². The number of unbranched alkanes of at least 4 members (excludes halogenated alkanes) is 1. The van der Waals surface area contributed by atoms with Gasteiger partial charge in [0.2, 0.25) is 11.8 Å². The topological polar surface area (TPSA) is 109 Å². The second-order valence-electron chi connectivity index (χ2n) is 8.40. The molecule has 4 rings (SSSR count). The molecule has 2 heterocycles. The molecule has 2 atom stereocenters. The summed E-state index contributed by atoms with van der Waals surface area (Å²) in [5.41, 5.74) is 2.34. The Morgan fingerprint density at radius 1 is 1.08 bits per heavy atom. The average Bonchev–Trinajstić information content (AvgIpc) is 3.44. The number of hydrogen-bond donors (Lipinski definition) is 2. The molecule has 0 amide bonds. The van der Waals surface area contributed by atoms with Crippen molar-refractivity contribution in [3.05, 3.63) is 69.8 Å². The number of aromatic nitrogens is 1. The molecular weight excluding hydrogens is 503 g/mol. The Hall–Kier alpha value is -3.20. The largest absolute Gasteiger partial charge is 0.479 e. The molecule has 36 heavy (non-hydrogen) atoms. The number of carbonyl (C=O) groups is 1. The van der Waals surface area contributed by atoms with Gasteiger partial charge < -0.3 is 19.6 Å². The SMILES string of the molecule is CC(=NCCCCN[C@@H](C)[C@H]1N=C(c2ccc(Cl)cc2)OC1=O)c1nc(-c2ccc(Cl)cc2)oc1O. The van der Waals surface area contributed by atoms with E-state index in [1.807, 2.05) is 6.92 Å². The van der Waals surface area contributed by atoms with Gasteiger partial charge >= 0.3 is 11.9 Å². The Bertz CT molecular complexity index is 1270. The van der Waals surface area contributed by atoms with Crippen molar-refractivity contribution < 1.29 is 19.1 Å². The first kappa shape index (κ1) is 25.9. The molecule has 0 unspecified atom stereocenters. The number of hydrogen-bond acceptors (Lipinski definition) is 8. The molecule has 0 saturated heterocycles. The van der Waals surface area contributed by atoms with E-state index >= 15 is 0 Å². The number of halogens is 2. The van der Waals surface area contributed by atoms with Crippen molar-refractivity contribution in [3.8, 4) is 17.4 Å². The number of aromatic hydroxyl groups is 1. The van der Waals surface area contributed by atoms with Gasteiger partial charge in [-0.05, 0) is 81.8 Å². The zero-order chi connectivity index (χ0) is 25.7. The number of rotatable bonds is 10. The lowest BCUT2D eigenvalue weighted by Crippen LogP contribution is -2.40. The predicted octanol–water partition coefficient (Wildman–Crippen LogP) is 5.29. The van der Waals surface area contributed by atoms with Crippen LogP contribution in [0.25, 0.3) is 11.5 Å². The zero-order valence-electron chi connectivity index (χ0n) is 19.9. The second-order valence-corrected chi connectivity index (χ2v) is 9.28. The highest BCUT2D eigenvalue weighted by Gasteiger charge is 2.33. The lowest BCUT2D eigenvalue weighted by molar-refractivity contribution is -0.135. The minimum atomic E-state index is -0.596. The summed E-state index contributed by atoms with van der Waals surface area (Å²) < 4.78 is 10.7. The number of cyclic esters (lactones) is 1. The molecule has 2 aromatic carbocycles. The Kier molecular flexibility index (Phi) is 8.40. The van der Waals surface area contributed by atoms with Crippen molar-refractivity contribution in [1.82, 2.24) is 10.3 Å². The van der Waals surface area contributed by atoms with Crippen molar-refractivity contribution >= 4 is 40.8 Å². The van der Waals surface area contributed by atoms with Gasteiger partial charge in [0.15, 0.2) is 11.7 Å². The van der Waals surface area contributed by atoms with E-state index in [1.165, 1.54) is 0 Å². The van der Waals surface area contributed by atoms with Crippen LogP contribution in [0.3, 0.4) is 0 Å². The van der Waals surface area contributed by atoms with E-state index in [9.17, 15) is 9.90 Å². The van der Waals surface area contributed by atoms with Crippen molar-refractivity contribution in [3.63, 3.8) is 0 Å². The third-order valence-corrected chi connectivity index (χ3v) is 6.21. The van der Waals surface area contributed by atoms with Gasteiger partial charge in [-0.3, -0.25) is 4.99 Å². The van der Waals surface area contributed by atoms with Gasteiger partial charge in [-0.15, -0.1) is 0 Å². The van der Waals surface area contributed by atoms with Crippen molar-refractivity contribution in [1.29, 1.82) is 0 Å². The average molecular weight is 529 g/mol. The lowest BCUT2D eigenvalue weighted by Gasteiger charge is -2.15. The monoisotopic (exact) mass is 528 g/mol. The quantitative estimate of drug-likeness (QED) is 0.210. The van der Waals surface area contributed by atoms with Gasteiger partial charge in [-0.1, -0.05) is 23.2 Å². The number of aliphatic imine (C=N–C) groups is 2. The highest BCUT2D eigenvalue weighted by molar-refractivity contribution is 6.31. The summed E-state index contributed by atoms with van der Waals surface area (Å²) in [6.07, 6.45) is 1.66. The maximum absolute atomic E-state index is 12.3. The fourth-order valence-corrected chi connectivity index (χ4v) is 3.92. The molecule has 8 nitrogen and oxygen atoms in total. The molecular formula is C26H26Cl2N4O4. The van der Waals surface area contributed by atoms with Crippen LogP contribution in [-0.2, 0) is 9.53 Å². The van der Waals surface area contributed by atoms with Crippen LogP contribution in [-0.4, -0.2) is 52.8 Å². The normalized spacial score (nSPS) is 16.7. The van der Waals surface area contributed by atoms with E-state index in [1.54, 1.807) is 55.5 Å². The van der Waals surface area contributed by atoms with Crippen molar-refractivity contribution in [2.75, 3.05) is 13.1 Å². The summed E-state index contributed by atoms with van der Waals surface area (Å²) in [5.74, 6) is -0.0149. The van der Waals surface area contributed by atoms with E-state index in [4.69, 9.17) is 32.4 Å². The van der Waals surface area contributed by atoms with E-state index in [0.717, 1.165) is 12.8 Å². The molecule has 0 bridgehead atoms. The van der Waals surface area contributed by atoms with Gasteiger partial charge in [0.05, 0.1) is 5.71 Å². The number of nitrogens with one attached hydrogen (secondary N) is 1. The van der Waals surface area contributed by atoms with Crippen LogP contribution in [0.1, 0.15) is 37.9 Å². The van der Waals surface area contributed by atoms with Gasteiger partial charge in [-0.25, -0.2) is 14.8 Å². The van der Waals surface area contributed by atoms with Crippen LogP contribution in [0.5, 0.6) is 5.95 Å². The Morgan fingerprint density at radius 2 is 1.72 bits per heavy atom. The molecule has 188 valence electrons. The highest BCUT2D eigenvalue weighted by atomic mass is 35.5. The minimum absolute atomic E-state index is 0.175. The van der Waals surface area contributed by atoms with Crippen LogP contribution in [0.15, 0.2) is 62.9 Å². The van der Waals surface area contributed by atoms with Gasteiger partial charge in [0, 0.05) is 33.8 Å². The van der Waals surface area contributed by atoms with E-state index in [-0.39, 0.29) is 18.0 Å². The van der Waals surface area contributed by atoms with Crippen LogP contribution in [0, 0.1) is 0 Å². The third kappa shape index (κ3) is 6.32. The number of oxazole rings is 1. The number of ether oxygens (including phenoxy) is 1. The Balaban J connectivity index is 1.23. The third-order valence-electron chi connectivity index (χ3n) is 5.70. The highest BCUT2D eigenvalue weighted by Crippen LogP contribution is 2.27. The molecule has 0 radical (unpaired) electrons. The minimum Gasteiger partial charge on any atom is -0.479 e. The molecule has 1 aliphatic rings. The molecule has 0 fully saturated rings. The molecule has 10 heteroatoms. The summed E-state index contributed by atoms with van der Waals surface area (Å²) in [6.45, 7) is 4.95. The predicted molar refractivity (Wildman–Crippen MR) is 140 cm³/mol. The number of esters is 1. The van der Waals surface area contributed by atoms with E-state index < -0.39 is 6.04 Å². The van der Waals surface area contributed by atoms with Gasteiger partial charge in [-0.2, -0.15) is 0 Å². The standard InChI is InChI=1S/C26H26Cl2N4O4/c1-15(21-25(33)35-23(31-21)17-5-9-19(27)10-6-17)29-13-3-4-14-30-16(2)22-26(34)36-24(32-22)18-7-11-20(28)12-8-18/h5-12,15,21,29,34H,3-4,13-14H2,1-2H3/t15-,21+/m0/s1. The molecule has 1 aromatic heterocycles. The molecule has 0 saturated carbocycles. The second kappa shape index (κ2) is 11.7. The first-order valence-electron chi connectivity index (χ1n) is 11.6. The Morgan fingerprint density at radius 3 is 2.39 bits per heavy atom. The van der Waals surface area contributed by atoms with Crippen LogP contribution in [0.2, 0.25) is 10.0 Å². The fraction of sp³-hybridized carbons (Fsp3) is 0.308. The summed E-state index contributed by atoms with van der Waals surface area (Å²) in [7, 11) is 0. The molecule has 2 N–H and O–H groups in total. The van der Waals surface area contributed by atoms with Crippen LogP contribution in [0.4, 0.5) is 0 Å². The summed E-state index contributed by atoms with van der Waals surface area (Å²) in [4.78, 5) is 25.6. The van der Waals surface area contributed by atoms with Gasteiger partial charge in [0.25, 0.3) is 0 Å². The summed E-state index contributed by atoms with van der Waals surface area (Å²) in [5, 5.41) is 14.7. The first-order valence-corrected chi connectivity index (χ1v) is 12.3. The van der Waals surface area contributed by atoms with Crippen molar-refractivity contribution in [2.24, 2.45) is 9.98 Å². The number of benzene rings is 2. The lowest BCUT2D eigenvalue weighted by atomic mass is 10.1. The Labute approximate surface area is 219 Å². The smallest absolute Gasteiger partial charge is 0.339 e. The zero-order valence-corrected chi connectivity index (χ0v) is 21.4. The maximum Gasteiger partial charge on any atom is 0.339 e. The first-order chi connectivity index (χ1) is 17.3. The molecule has 0 spiro atoms. The van der Waals surface area contributed by atoms with E-state index in [2.05, 4.69) is 20.3 Å². The maximum atomic E-state index is 12.3. The van der Waals surface area contributed by atoms with Gasteiger partial charge in [0.1, 0.15) is 0 Å². The molecule has 1 aliphatic heterocycles. The number of nitrogens with zero attached hydrogens (tertiary/aromatic N) is 3. The van der Waals surface area contributed by atoms with Crippen molar-refractivity contribution in [2.45, 2.75) is 38.8 Å². The van der Waals surface area contributed by atoms with E-state index in [0.29, 0.717) is 57.5 Å². The van der Waals surface area contributed by atoms with Crippen LogP contribution < -0.4 is 5.32 Å². The summed E-state index contributed by atoms with van der Waals surface area (Å²) >= 11 is 11.8. The number of carbonyl (C=O) groups excluding carboxylic acids is 1.